The molecule has 2 rings (SSSR count). The van der Waals surface area contributed by atoms with Crippen molar-refractivity contribution < 1.29 is 0 Å². The molecule has 0 saturated carbocycles. The van der Waals surface area contributed by atoms with Crippen LogP contribution in [-0.2, 0) is 6.42 Å². The first-order chi connectivity index (χ1) is 6.77. The van der Waals surface area contributed by atoms with Crippen molar-refractivity contribution in [2.75, 3.05) is 0 Å². The van der Waals surface area contributed by atoms with Crippen molar-refractivity contribution in [2.45, 2.75) is 37.7 Å². The quantitative estimate of drug-likeness (QED) is 0.583. The average molecular weight is 210 g/mol. The van der Waals surface area contributed by atoms with Gasteiger partial charge in [-0.15, -0.1) is 11.6 Å². The SMILES string of the molecule is CC(Cl)N[C@H]1CCCc2ccccc21. The molecule has 0 bridgehead atoms. The molecule has 2 atom stereocenters. The molecule has 1 N–H and O–H groups in total. The molecule has 0 radical (unpaired) electrons. The van der Waals surface area contributed by atoms with Crippen LogP contribution in [0.25, 0.3) is 0 Å². The highest BCUT2D eigenvalue weighted by molar-refractivity contribution is 6.20. The van der Waals surface area contributed by atoms with Crippen molar-refractivity contribution in [3.8, 4) is 0 Å². The Bertz CT molecular complexity index is 309. The fraction of sp³-hybridized carbons (Fsp3) is 0.500. The van der Waals surface area contributed by atoms with Gasteiger partial charge >= 0.3 is 0 Å². The van der Waals surface area contributed by atoms with Gasteiger partial charge in [0.1, 0.15) is 0 Å². The molecule has 1 aromatic rings. The molecule has 0 saturated heterocycles. The highest BCUT2D eigenvalue weighted by Crippen LogP contribution is 2.29. The van der Waals surface area contributed by atoms with E-state index in [1.54, 1.807) is 0 Å². The van der Waals surface area contributed by atoms with Gasteiger partial charge in [-0.2, -0.15) is 0 Å². The van der Waals surface area contributed by atoms with Crippen LogP contribution in [0.15, 0.2) is 24.3 Å². The number of hydrogen-bond acceptors (Lipinski definition) is 1. The maximum atomic E-state index is 5.97. The van der Waals surface area contributed by atoms with Crippen molar-refractivity contribution in [3.05, 3.63) is 35.4 Å². The number of fused-ring (bicyclic) bond motifs is 1. The van der Waals surface area contributed by atoms with E-state index in [1.807, 2.05) is 6.92 Å². The van der Waals surface area contributed by atoms with Gasteiger partial charge in [0.2, 0.25) is 0 Å². The first-order valence-electron chi connectivity index (χ1n) is 5.25. The maximum absolute atomic E-state index is 5.97. The predicted molar refractivity (Wildman–Crippen MR) is 60.6 cm³/mol. The zero-order valence-corrected chi connectivity index (χ0v) is 9.22. The Morgan fingerprint density at radius 3 is 3.00 bits per heavy atom. The zero-order chi connectivity index (χ0) is 9.97. The van der Waals surface area contributed by atoms with Gasteiger partial charge in [-0.25, -0.2) is 0 Å². The highest BCUT2D eigenvalue weighted by Gasteiger charge is 2.19. The van der Waals surface area contributed by atoms with Gasteiger partial charge in [-0.3, -0.25) is 5.32 Å². The molecule has 1 aromatic carbocycles. The summed E-state index contributed by atoms with van der Waals surface area (Å²) in [4.78, 5) is 0. The molecular formula is C12H16ClN. The largest absolute Gasteiger partial charge is 0.295 e. The molecule has 0 fully saturated rings. The Morgan fingerprint density at radius 1 is 1.43 bits per heavy atom. The lowest BCUT2D eigenvalue weighted by atomic mass is 9.88. The molecule has 0 spiro atoms. The molecule has 76 valence electrons. The lowest BCUT2D eigenvalue weighted by molar-refractivity contribution is 0.456. The monoisotopic (exact) mass is 209 g/mol. The Hall–Kier alpha value is -0.530. The van der Waals surface area contributed by atoms with E-state index >= 15 is 0 Å². The van der Waals surface area contributed by atoms with Crippen LogP contribution in [0.5, 0.6) is 0 Å². The minimum Gasteiger partial charge on any atom is -0.295 e. The summed E-state index contributed by atoms with van der Waals surface area (Å²) < 4.78 is 0. The minimum atomic E-state index is 0.0474. The fourth-order valence-corrected chi connectivity index (χ4v) is 2.36. The third-order valence-corrected chi connectivity index (χ3v) is 2.93. The number of alkyl halides is 1. The highest BCUT2D eigenvalue weighted by atomic mass is 35.5. The molecule has 14 heavy (non-hydrogen) atoms. The fourth-order valence-electron chi connectivity index (χ4n) is 2.20. The van der Waals surface area contributed by atoms with Crippen LogP contribution in [-0.4, -0.2) is 5.50 Å². The number of rotatable bonds is 2. The first-order valence-corrected chi connectivity index (χ1v) is 5.69. The van der Waals surface area contributed by atoms with Crippen molar-refractivity contribution in [2.24, 2.45) is 0 Å². The topological polar surface area (TPSA) is 12.0 Å². The Morgan fingerprint density at radius 2 is 2.21 bits per heavy atom. The predicted octanol–water partition coefficient (Wildman–Crippen LogP) is 3.24. The number of aryl methyl sites for hydroxylation is 1. The van der Waals surface area contributed by atoms with Crippen LogP contribution < -0.4 is 5.32 Å². The van der Waals surface area contributed by atoms with Crippen LogP contribution in [0.3, 0.4) is 0 Å². The summed E-state index contributed by atoms with van der Waals surface area (Å²) in [7, 11) is 0. The third-order valence-electron chi connectivity index (χ3n) is 2.80. The van der Waals surface area contributed by atoms with Gasteiger partial charge < -0.3 is 0 Å². The molecule has 0 heterocycles. The van der Waals surface area contributed by atoms with Crippen LogP contribution in [0, 0.1) is 0 Å². The van der Waals surface area contributed by atoms with Gasteiger partial charge in [-0.1, -0.05) is 24.3 Å². The summed E-state index contributed by atoms with van der Waals surface area (Å²) in [6.07, 6.45) is 3.68. The van der Waals surface area contributed by atoms with E-state index in [4.69, 9.17) is 11.6 Å². The van der Waals surface area contributed by atoms with Gasteiger partial charge in [0.25, 0.3) is 0 Å². The Kier molecular flexibility index (Phi) is 3.09. The summed E-state index contributed by atoms with van der Waals surface area (Å²) in [5.74, 6) is 0. The second kappa shape index (κ2) is 4.33. The van der Waals surface area contributed by atoms with Crippen molar-refractivity contribution in [1.82, 2.24) is 5.32 Å². The normalized spacial score (nSPS) is 22.9. The first kappa shape index (κ1) is 10.0. The van der Waals surface area contributed by atoms with E-state index in [9.17, 15) is 0 Å². The molecule has 0 amide bonds. The number of nitrogens with one attached hydrogen (secondary N) is 1. The number of hydrogen-bond donors (Lipinski definition) is 1. The van der Waals surface area contributed by atoms with E-state index in [1.165, 1.54) is 30.4 Å². The van der Waals surface area contributed by atoms with Crippen molar-refractivity contribution >= 4 is 11.6 Å². The summed E-state index contributed by atoms with van der Waals surface area (Å²) in [6, 6.07) is 9.11. The second-order valence-electron chi connectivity index (χ2n) is 3.93. The van der Waals surface area contributed by atoms with Crippen LogP contribution in [0.2, 0.25) is 0 Å². The molecule has 1 aliphatic rings. The van der Waals surface area contributed by atoms with E-state index in [2.05, 4.69) is 29.6 Å². The molecule has 1 unspecified atom stereocenters. The van der Waals surface area contributed by atoms with Gasteiger partial charge in [0.05, 0.1) is 5.50 Å². The Labute approximate surface area is 90.5 Å². The standard InChI is InChI=1S/C12H16ClN/c1-9(13)14-12-8-4-6-10-5-2-3-7-11(10)12/h2-3,5,7,9,12,14H,4,6,8H2,1H3/t9?,12-/m0/s1. The number of benzene rings is 1. The molecular weight excluding hydrogens is 194 g/mol. The van der Waals surface area contributed by atoms with E-state index in [0.29, 0.717) is 6.04 Å². The van der Waals surface area contributed by atoms with Gasteiger partial charge in [0.15, 0.2) is 0 Å². The summed E-state index contributed by atoms with van der Waals surface area (Å²) in [5, 5.41) is 3.40. The zero-order valence-electron chi connectivity index (χ0n) is 8.46. The second-order valence-corrected chi connectivity index (χ2v) is 4.58. The smallest absolute Gasteiger partial charge is 0.0801 e. The van der Waals surface area contributed by atoms with E-state index in [-0.39, 0.29) is 5.50 Å². The minimum absolute atomic E-state index is 0.0474. The summed E-state index contributed by atoms with van der Waals surface area (Å²) >= 11 is 5.97. The van der Waals surface area contributed by atoms with Gasteiger partial charge in [0, 0.05) is 6.04 Å². The maximum Gasteiger partial charge on any atom is 0.0801 e. The lowest BCUT2D eigenvalue weighted by Crippen LogP contribution is -2.29. The van der Waals surface area contributed by atoms with Crippen molar-refractivity contribution in [3.63, 3.8) is 0 Å². The van der Waals surface area contributed by atoms with Crippen LogP contribution in [0.1, 0.15) is 36.9 Å². The number of halogens is 1. The summed E-state index contributed by atoms with van der Waals surface area (Å²) in [5.41, 5.74) is 2.96. The van der Waals surface area contributed by atoms with E-state index < -0.39 is 0 Å². The summed E-state index contributed by atoms with van der Waals surface area (Å²) in [6.45, 7) is 1.98. The molecule has 0 aliphatic heterocycles. The van der Waals surface area contributed by atoms with Crippen LogP contribution in [0.4, 0.5) is 0 Å². The van der Waals surface area contributed by atoms with Gasteiger partial charge in [-0.05, 0) is 37.3 Å². The lowest BCUT2D eigenvalue weighted by Gasteiger charge is -2.27. The molecule has 0 aromatic heterocycles. The van der Waals surface area contributed by atoms with E-state index in [0.717, 1.165) is 0 Å². The Balaban J connectivity index is 2.22. The molecule has 1 nitrogen and oxygen atoms in total. The third kappa shape index (κ3) is 2.10. The average Bonchev–Trinajstić information content (AvgIpc) is 2.18. The molecule has 2 heteroatoms. The molecule has 1 aliphatic carbocycles. The van der Waals surface area contributed by atoms with Crippen molar-refractivity contribution in [1.29, 1.82) is 0 Å². The van der Waals surface area contributed by atoms with Crippen LogP contribution >= 0.6 is 11.6 Å².